The number of hydrogen-bond acceptors (Lipinski definition) is 3. The van der Waals surface area contributed by atoms with Gasteiger partial charge in [-0.15, -0.1) is 0 Å². The van der Waals surface area contributed by atoms with Crippen molar-refractivity contribution < 1.29 is 4.79 Å². The molecular formula is C13H21N3O. The first-order chi connectivity index (χ1) is 8.20. The Morgan fingerprint density at radius 2 is 2.24 bits per heavy atom. The van der Waals surface area contributed by atoms with E-state index in [1.807, 2.05) is 0 Å². The van der Waals surface area contributed by atoms with Crippen molar-refractivity contribution in [1.29, 1.82) is 5.26 Å². The van der Waals surface area contributed by atoms with Gasteiger partial charge in [0.15, 0.2) is 0 Å². The number of hydrogen-bond donors (Lipinski definition) is 1. The third-order valence-corrected chi connectivity index (χ3v) is 4.32. The molecule has 4 nitrogen and oxygen atoms in total. The minimum Gasteiger partial charge on any atom is -0.353 e. The molecule has 1 spiro atoms. The fourth-order valence-electron chi connectivity index (χ4n) is 3.10. The second kappa shape index (κ2) is 5.05. The number of carbonyl (C=O) groups is 1. The second-order valence-corrected chi connectivity index (χ2v) is 5.29. The number of nitrogens with zero attached hydrogens (tertiary/aromatic N) is 2. The Morgan fingerprint density at radius 3 is 2.82 bits per heavy atom. The van der Waals surface area contributed by atoms with Crippen molar-refractivity contribution in [2.75, 3.05) is 19.6 Å². The molecule has 4 heteroatoms. The van der Waals surface area contributed by atoms with Crippen LogP contribution in [0.2, 0.25) is 0 Å². The molecule has 2 fully saturated rings. The summed E-state index contributed by atoms with van der Waals surface area (Å²) >= 11 is 0. The summed E-state index contributed by atoms with van der Waals surface area (Å²) in [7, 11) is 0. The number of nitrogens with one attached hydrogen (secondary N) is 1. The van der Waals surface area contributed by atoms with Crippen molar-refractivity contribution in [2.24, 2.45) is 5.41 Å². The predicted octanol–water partition coefficient (Wildman–Crippen LogP) is 1.28. The fourth-order valence-corrected chi connectivity index (χ4v) is 3.10. The molecule has 0 unspecified atom stereocenters. The maximum Gasteiger partial charge on any atom is 0.226 e. The highest BCUT2D eigenvalue weighted by molar-refractivity contribution is 5.85. The van der Waals surface area contributed by atoms with E-state index in [0.717, 1.165) is 45.3 Å². The van der Waals surface area contributed by atoms with Gasteiger partial charge >= 0.3 is 0 Å². The summed E-state index contributed by atoms with van der Waals surface area (Å²) in [4.78, 5) is 14.5. The van der Waals surface area contributed by atoms with Crippen LogP contribution in [0, 0.1) is 16.7 Å². The number of piperidine rings is 1. The molecule has 1 amide bonds. The van der Waals surface area contributed by atoms with Gasteiger partial charge in [-0.1, -0.05) is 6.92 Å². The predicted molar refractivity (Wildman–Crippen MR) is 65.2 cm³/mol. The molecule has 17 heavy (non-hydrogen) atoms. The first-order valence-electron chi connectivity index (χ1n) is 6.60. The minimum atomic E-state index is -0.119. The quantitative estimate of drug-likeness (QED) is 0.801. The van der Waals surface area contributed by atoms with Gasteiger partial charge < -0.3 is 10.2 Å². The van der Waals surface area contributed by atoms with Crippen LogP contribution in [-0.4, -0.2) is 36.5 Å². The lowest BCUT2D eigenvalue weighted by molar-refractivity contribution is -0.130. The zero-order valence-electron chi connectivity index (χ0n) is 10.5. The van der Waals surface area contributed by atoms with E-state index in [1.165, 1.54) is 0 Å². The Hall–Kier alpha value is -1.08. The van der Waals surface area contributed by atoms with Crippen molar-refractivity contribution in [2.45, 2.75) is 45.1 Å². The fraction of sp³-hybridized carbons (Fsp3) is 0.846. The highest BCUT2D eigenvalue weighted by atomic mass is 16.2. The molecule has 2 saturated heterocycles. The molecule has 0 radical (unpaired) electrons. The lowest BCUT2D eigenvalue weighted by Gasteiger charge is -2.36. The van der Waals surface area contributed by atoms with Crippen LogP contribution < -0.4 is 5.32 Å². The van der Waals surface area contributed by atoms with E-state index in [0.29, 0.717) is 6.42 Å². The van der Waals surface area contributed by atoms with Crippen molar-refractivity contribution in [1.82, 2.24) is 10.2 Å². The van der Waals surface area contributed by atoms with Crippen LogP contribution in [0.4, 0.5) is 0 Å². The zero-order valence-corrected chi connectivity index (χ0v) is 10.5. The highest BCUT2D eigenvalue weighted by Gasteiger charge is 2.47. The van der Waals surface area contributed by atoms with E-state index < -0.39 is 0 Å². The Morgan fingerprint density at radius 1 is 1.53 bits per heavy atom. The summed E-state index contributed by atoms with van der Waals surface area (Å²) in [6.07, 6.45) is 4.25. The van der Waals surface area contributed by atoms with Crippen LogP contribution in [0.5, 0.6) is 0 Å². The van der Waals surface area contributed by atoms with Gasteiger partial charge in [0.25, 0.3) is 0 Å². The Balaban J connectivity index is 1.93. The van der Waals surface area contributed by atoms with Gasteiger partial charge in [-0.3, -0.25) is 4.79 Å². The summed E-state index contributed by atoms with van der Waals surface area (Å²) in [5.41, 5.74) is -0.119. The Bertz CT molecular complexity index is 326. The topological polar surface area (TPSA) is 56.1 Å². The standard InChI is InChI=1S/C13H21N3O/c1-2-16-8-5-13(6-9-16)10-11(4-3-7-14)15-12(13)17/h11H,2-6,8-10H2,1H3,(H,15,17)/t11-/m0/s1. The van der Waals surface area contributed by atoms with Crippen LogP contribution in [0.15, 0.2) is 0 Å². The van der Waals surface area contributed by atoms with Crippen molar-refractivity contribution in [3.05, 3.63) is 0 Å². The third kappa shape index (κ3) is 2.44. The molecule has 2 heterocycles. The SMILES string of the molecule is CCN1CCC2(CC1)C[C@H](CCC#N)NC2=O. The lowest BCUT2D eigenvalue weighted by atomic mass is 9.75. The number of rotatable bonds is 3. The molecule has 94 valence electrons. The van der Waals surface area contributed by atoms with E-state index in [4.69, 9.17) is 5.26 Å². The van der Waals surface area contributed by atoms with Crippen LogP contribution in [0.1, 0.15) is 39.0 Å². The van der Waals surface area contributed by atoms with Gasteiger partial charge in [0.2, 0.25) is 5.91 Å². The Kier molecular flexibility index (Phi) is 3.68. The largest absolute Gasteiger partial charge is 0.353 e. The van der Waals surface area contributed by atoms with Crippen LogP contribution >= 0.6 is 0 Å². The Labute approximate surface area is 103 Å². The molecule has 0 aromatic heterocycles. The maximum absolute atomic E-state index is 12.1. The monoisotopic (exact) mass is 235 g/mol. The number of amides is 1. The van der Waals surface area contributed by atoms with Gasteiger partial charge in [-0.2, -0.15) is 5.26 Å². The summed E-state index contributed by atoms with van der Waals surface area (Å²) in [6.45, 7) is 5.32. The number of nitriles is 1. The molecule has 2 rings (SSSR count). The van der Waals surface area contributed by atoms with Crippen molar-refractivity contribution >= 4 is 5.91 Å². The van der Waals surface area contributed by atoms with Crippen LogP contribution in [0.25, 0.3) is 0 Å². The first kappa shape index (κ1) is 12.4. The molecule has 2 aliphatic heterocycles. The van der Waals surface area contributed by atoms with E-state index in [-0.39, 0.29) is 17.4 Å². The smallest absolute Gasteiger partial charge is 0.226 e. The van der Waals surface area contributed by atoms with Crippen molar-refractivity contribution in [3.63, 3.8) is 0 Å². The van der Waals surface area contributed by atoms with Gasteiger partial charge in [0.05, 0.1) is 11.5 Å². The summed E-state index contributed by atoms with van der Waals surface area (Å²) in [6, 6.07) is 2.39. The van der Waals surface area contributed by atoms with E-state index in [2.05, 4.69) is 23.2 Å². The molecule has 1 atom stereocenters. The zero-order chi connectivity index (χ0) is 12.3. The molecule has 0 bridgehead atoms. The minimum absolute atomic E-state index is 0.119. The van der Waals surface area contributed by atoms with E-state index >= 15 is 0 Å². The summed E-state index contributed by atoms with van der Waals surface area (Å²) < 4.78 is 0. The van der Waals surface area contributed by atoms with Gasteiger partial charge in [0, 0.05) is 12.5 Å². The van der Waals surface area contributed by atoms with Gasteiger partial charge in [0.1, 0.15) is 0 Å². The lowest BCUT2D eigenvalue weighted by Crippen LogP contribution is -2.43. The summed E-state index contributed by atoms with van der Waals surface area (Å²) in [5, 5.41) is 11.7. The molecule has 2 aliphatic rings. The van der Waals surface area contributed by atoms with Gasteiger partial charge in [-0.25, -0.2) is 0 Å². The average molecular weight is 235 g/mol. The van der Waals surface area contributed by atoms with E-state index in [1.54, 1.807) is 0 Å². The number of carbonyl (C=O) groups excluding carboxylic acids is 1. The van der Waals surface area contributed by atoms with Crippen LogP contribution in [0.3, 0.4) is 0 Å². The van der Waals surface area contributed by atoms with E-state index in [9.17, 15) is 4.79 Å². The maximum atomic E-state index is 12.1. The molecule has 0 aromatic rings. The molecule has 0 saturated carbocycles. The molecule has 0 aromatic carbocycles. The van der Waals surface area contributed by atoms with Crippen LogP contribution in [-0.2, 0) is 4.79 Å². The van der Waals surface area contributed by atoms with Crippen molar-refractivity contribution in [3.8, 4) is 6.07 Å². The van der Waals surface area contributed by atoms with Gasteiger partial charge in [-0.05, 0) is 45.3 Å². The first-order valence-corrected chi connectivity index (χ1v) is 6.60. The number of likely N-dealkylation sites (tertiary alicyclic amines) is 1. The normalized spacial score (nSPS) is 28.0. The summed E-state index contributed by atoms with van der Waals surface area (Å²) in [5.74, 6) is 0.233. The third-order valence-electron chi connectivity index (χ3n) is 4.32. The molecular weight excluding hydrogens is 214 g/mol. The molecule has 0 aliphatic carbocycles. The highest BCUT2D eigenvalue weighted by Crippen LogP contribution is 2.41. The average Bonchev–Trinajstić information content (AvgIpc) is 2.65. The molecule has 1 N–H and O–H groups in total. The second-order valence-electron chi connectivity index (χ2n) is 5.29.